The van der Waals surface area contributed by atoms with Gasteiger partial charge >= 0.3 is 0 Å². The second-order valence-electron chi connectivity index (χ2n) is 6.26. The molecule has 2 aromatic carbocycles. The van der Waals surface area contributed by atoms with E-state index in [1.165, 1.54) is 5.56 Å². The Labute approximate surface area is 160 Å². The zero-order valence-corrected chi connectivity index (χ0v) is 15.7. The molecule has 0 saturated carbocycles. The summed E-state index contributed by atoms with van der Waals surface area (Å²) in [4.78, 5) is 9.27. The number of hydrogen-bond acceptors (Lipinski definition) is 5. The average molecular weight is 362 g/mol. The van der Waals surface area contributed by atoms with E-state index < -0.39 is 0 Å². The maximum atomic E-state index is 5.11. The number of methoxy groups -OCH3 is 1. The van der Waals surface area contributed by atoms with Gasteiger partial charge in [-0.3, -0.25) is 0 Å². The molecule has 3 rings (SSSR count). The predicted octanol–water partition coefficient (Wildman–Crippen LogP) is 4.25. The predicted molar refractivity (Wildman–Crippen MR) is 111 cm³/mol. The lowest BCUT2D eigenvalue weighted by atomic mass is 10.1. The zero-order valence-electron chi connectivity index (χ0n) is 15.7. The number of aryl methyl sites for hydroxylation is 1. The van der Waals surface area contributed by atoms with Crippen LogP contribution in [0, 0.1) is 0 Å². The summed E-state index contributed by atoms with van der Waals surface area (Å²) in [5.74, 6) is 1.44. The van der Waals surface area contributed by atoms with E-state index in [2.05, 4.69) is 57.0 Å². The third-order valence-electron chi connectivity index (χ3n) is 4.18. The summed E-state index contributed by atoms with van der Waals surface area (Å²) in [7, 11) is 1.69. The number of nitrogens with one attached hydrogen (secondary N) is 2. The van der Waals surface area contributed by atoms with Crippen LogP contribution in [0.4, 0.5) is 11.8 Å². The van der Waals surface area contributed by atoms with Crippen LogP contribution < -0.4 is 10.6 Å². The van der Waals surface area contributed by atoms with E-state index in [9.17, 15) is 0 Å². The minimum atomic E-state index is 0.629. The quantitative estimate of drug-likeness (QED) is 0.528. The maximum absolute atomic E-state index is 5.11. The van der Waals surface area contributed by atoms with Gasteiger partial charge in [-0.05, 0) is 18.4 Å². The minimum absolute atomic E-state index is 0.629. The molecule has 0 radical (unpaired) electrons. The third kappa shape index (κ3) is 6.08. The second kappa shape index (κ2) is 10.3. The van der Waals surface area contributed by atoms with Crippen molar-refractivity contribution in [3.05, 3.63) is 72.3 Å². The van der Waals surface area contributed by atoms with E-state index in [1.54, 1.807) is 7.11 Å². The molecule has 3 aromatic rings. The van der Waals surface area contributed by atoms with Crippen molar-refractivity contribution in [1.29, 1.82) is 0 Å². The summed E-state index contributed by atoms with van der Waals surface area (Å²) in [5.41, 5.74) is 3.32. The number of anilines is 2. The average Bonchev–Trinajstić information content (AvgIpc) is 2.73. The summed E-state index contributed by atoms with van der Waals surface area (Å²) in [6.07, 6.45) is 2.06. The first-order valence-corrected chi connectivity index (χ1v) is 9.30. The fourth-order valence-electron chi connectivity index (χ4n) is 2.79. The lowest BCUT2D eigenvalue weighted by Crippen LogP contribution is -2.12. The molecule has 0 unspecified atom stereocenters. The summed E-state index contributed by atoms with van der Waals surface area (Å²) < 4.78 is 5.11. The molecule has 2 N–H and O–H groups in total. The minimum Gasteiger partial charge on any atom is -0.383 e. The molecule has 140 valence electrons. The first-order valence-electron chi connectivity index (χ1n) is 9.30. The van der Waals surface area contributed by atoms with Crippen molar-refractivity contribution in [3.8, 4) is 11.3 Å². The first kappa shape index (κ1) is 18.9. The van der Waals surface area contributed by atoms with Crippen LogP contribution in [0.5, 0.6) is 0 Å². The molecule has 0 fully saturated rings. The Balaban J connectivity index is 1.66. The molecule has 0 bridgehead atoms. The van der Waals surface area contributed by atoms with Gasteiger partial charge < -0.3 is 15.4 Å². The molecule has 0 amide bonds. The topological polar surface area (TPSA) is 59.1 Å². The van der Waals surface area contributed by atoms with E-state index in [4.69, 9.17) is 4.74 Å². The molecule has 1 aromatic heterocycles. The van der Waals surface area contributed by atoms with Gasteiger partial charge in [-0.2, -0.15) is 4.98 Å². The largest absolute Gasteiger partial charge is 0.383 e. The van der Waals surface area contributed by atoms with Crippen LogP contribution in [-0.4, -0.2) is 36.8 Å². The van der Waals surface area contributed by atoms with Crippen molar-refractivity contribution < 1.29 is 4.74 Å². The number of nitrogens with zero attached hydrogens (tertiary/aromatic N) is 2. The van der Waals surface area contributed by atoms with Crippen LogP contribution in [0.1, 0.15) is 12.0 Å². The first-order chi connectivity index (χ1) is 13.3. The Hall–Kier alpha value is -2.92. The summed E-state index contributed by atoms with van der Waals surface area (Å²) in [6.45, 7) is 2.16. The van der Waals surface area contributed by atoms with Gasteiger partial charge in [0, 0.05) is 31.8 Å². The van der Waals surface area contributed by atoms with E-state index in [1.807, 2.05) is 30.3 Å². The van der Waals surface area contributed by atoms with Crippen LogP contribution in [0.15, 0.2) is 66.7 Å². The highest BCUT2D eigenvalue weighted by Gasteiger charge is 2.06. The maximum Gasteiger partial charge on any atom is 0.225 e. The van der Waals surface area contributed by atoms with E-state index in [0.717, 1.165) is 36.5 Å². The van der Waals surface area contributed by atoms with Crippen molar-refractivity contribution in [1.82, 2.24) is 9.97 Å². The van der Waals surface area contributed by atoms with Crippen LogP contribution in [-0.2, 0) is 11.2 Å². The van der Waals surface area contributed by atoms with Gasteiger partial charge in [0.15, 0.2) is 0 Å². The third-order valence-corrected chi connectivity index (χ3v) is 4.18. The number of aromatic nitrogens is 2. The van der Waals surface area contributed by atoms with Crippen molar-refractivity contribution >= 4 is 11.8 Å². The number of hydrogen-bond donors (Lipinski definition) is 2. The van der Waals surface area contributed by atoms with E-state index in [0.29, 0.717) is 19.1 Å². The Morgan fingerprint density at radius 3 is 2.33 bits per heavy atom. The van der Waals surface area contributed by atoms with Gasteiger partial charge in [-0.25, -0.2) is 4.98 Å². The monoisotopic (exact) mass is 362 g/mol. The molecule has 0 spiro atoms. The van der Waals surface area contributed by atoms with Crippen LogP contribution in [0.3, 0.4) is 0 Å². The summed E-state index contributed by atoms with van der Waals surface area (Å²) >= 11 is 0. The molecule has 27 heavy (non-hydrogen) atoms. The normalized spacial score (nSPS) is 10.6. The molecule has 5 nitrogen and oxygen atoms in total. The molecule has 0 saturated heterocycles. The molecular formula is C22H26N4O. The van der Waals surface area contributed by atoms with Gasteiger partial charge in [0.1, 0.15) is 5.82 Å². The number of benzene rings is 2. The SMILES string of the molecule is COCCNc1cc(-c2ccccc2)nc(NCCCc2ccccc2)n1. The molecule has 0 aliphatic carbocycles. The fourth-order valence-corrected chi connectivity index (χ4v) is 2.79. The molecule has 5 heteroatoms. The second-order valence-corrected chi connectivity index (χ2v) is 6.26. The number of rotatable bonds is 10. The van der Waals surface area contributed by atoms with Crippen molar-refractivity contribution in [2.24, 2.45) is 0 Å². The Morgan fingerprint density at radius 1 is 0.852 bits per heavy atom. The highest BCUT2D eigenvalue weighted by Crippen LogP contribution is 2.21. The standard InChI is InChI=1S/C22H26N4O/c1-27-16-15-23-21-17-20(19-12-6-3-7-13-19)25-22(26-21)24-14-8-11-18-9-4-2-5-10-18/h2-7,9-10,12-13,17H,8,11,14-16H2,1H3,(H2,23,24,25,26). The van der Waals surface area contributed by atoms with Crippen molar-refractivity contribution in [2.45, 2.75) is 12.8 Å². The Morgan fingerprint density at radius 2 is 1.59 bits per heavy atom. The lowest BCUT2D eigenvalue weighted by molar-refractivity contribution is 0.210. The Kier molecular flexibility index (Phi) is 7.18. The van der Waals surface area contributed by atoms with Crippen molar-refractivity contribution in [2.75, 3.05) is 37.4 Å². The smallest absolute Gasteiger partial charge is 0.225 e. The van der Waals surface area contributed by atoms with Crippen molar-refractivity contribution in [3.63, 3.8) is 0 Å². The molecular weight excluding hydrogens is 336 g/mol. The van der Waals surface area contributed by atoms with Gasteiger partial charge in [0.05, 0.1) is 12.3 Å². The van der Waals surface area contributed by atoms with Gasteiger partial charge in [-0.1, -0.05) is 60.7 Å². The number of ether oxygens (including phenoxy) is 1. The highest BCUT2D eigenvalue weighted by atomic mass is 16.5. The van der Waals surface area contributed by atoms with Gasteiger partial charge in [0.2, 0.25) is 5.95 Å². The van der Waals surface area contributed by atoms with Gasteiger partial charge in [-0.15, -0.1) is 0 Å². The van der Waals surface area contributed by atoms with Gasteiger partial charge in [0.25, 0.3) is 0 Å². The molecule has 1 heterocycles. The lowest BCUT2D eigenvalue weighted by Gasteiger charge is -2.11. The van der Waals surface area contributed by atoms with Crippen LogP contribution in [0.2, 0.25) is 0 Å². The van der Waals surface area contributed by atoms with E-state index >= 15 is 0 Å². The van der Waals surface area contributed by atoms with E-state index in [-0.39, 0.29) is 0 Å². The molecule has 0 aliphatic heterocycles. The molecule has 0 atom stereocenters. The highest BCUT2D eigenvalue weighted by molar-refractivity contribution is 5.64. The molecule has 0 aliphatic rings. The summed E-state index contributed by atoms with van der Waals surface area (Å²) in [6, 6.07) is 22.6. The Bertz CT molecular complexity index is 809. The van der Waals surface area contributed by atoms with Crippen LogP contribution >= 0.6 is 0 Å². The fraction of sp³-hybridized carbons (Fsp3) is 0.273. The zero-order chi connectivity index (χ0) is 18.7. The summed E-state index contributed by atoms with van der Waals surface area (Å²) in [5, 5.41) is 6.66. The van der Waals surface area contributed by atoms with Crippen LogP contribution in [0.25, 0.3) is 11.3 Å².